The average molecular weight is 321 g/mol. The number of ether oxygens (including phenoxy) is 2. The number of hydrogen-bond acceptors (Lipinski definition) is 3. The SMILES string of the molecule is CCCCC[C@@](C)(OCC)C(=O)Nc1ccc(OCC)c(C)c1. The number of unbranched alkanes of at least 4 members (excludes halogenated alkanes) is 2. The van der Waals surface area contributed by atoms with Crippen molar-refractivity contribution in [3.05, 3.63) is 23.8 Å². The predicted molar refractivity (Wildman–Crippen MR) is 95.2 cm³/mol. The molecule has 0 unspecified atom stereocenters. The van der Waals surface area contributed by atoms with Crippen LogP contribution in [0, 0.1) is 6.92 Å². The van der Waals surface area contributed by atoms with Gasteiger partial charge in [0.2, 0.25) is 0 Å². The molecule has 1 amide bonds. The lowest BCUT2D eigenvalue weighted by molar-refractivity contribution is -0.139. The van der Waals surface area contributed by atoms with Gasteiger partial charge in [0.15, 0.2) is 0 Å². The van der Waals surface area contributed by atoms with E-state index in [9.17, 15) is 4.79 Å². The lowest BCUT2D eigenvalue weighted by atomic mass is 9.96. The maximum Gasteiger partial charge on any atom is 0.256 e. The van der Waals surface area contributed by atoms with Gasteiger partial charge in [-0.3, -0.25) is 4.79 Å². The van der Waals surface area contributed by atoms with E-state index >= 15 is 0 Å². The first-order valence-electron chi connectivity index (χ1n) is 8.65. The van der Waals surface area contributed by atoms with E-state index in [1.807, 2.05) is 45.9 Å². The topological polar surface area (TPSA) is 47.6 Å². The van der Waals surface area contributed by atoms with Gasteiger partial charge in [0.25, 0.3) is 5.91 Å². The minimum absolute atomic E-state index is 0.0842. The molecule has 130 valence electrons. The van der Waals surface area contributed by atoms with Crippen LogP contribution in [0.5, 0.6) is 5.75 Å². The Balaban J connectivity index is 2.79. The molecule has 0 saturated heterocycles. The lowest BCUT2D eigenvalue weighted by Gasteiger charge is -2.28. The highest BCUT2D eigenvalue weighted by atomic mass is 16.5. The van der Waals surface area contributed by atoms with Gasteiger partial charge in [-0.1, -0.05) is 26.2 Å². The predicted octanol–water partition coefficient (Wildman–Crippen LogP) is 4.71. The zero-order valence-corrected chi connectivity index (χ0v) is 15.2. The van der Waals surface area contributed by atoms with Crippen LogP contribution in [0.4, 0.5) is 5.69 Å². The van der Waals surface area contributed by atoms with Crippen molar-refractivity contribution in [1.82, 2.24) is 0 Å². The van der Waals surface area contributed by atoms with Crippen LogP contribution in [0.1, 0.15) is 58.9 Å². The van der Waals surface area contributed by atoms with Crippen molar-refractivity contribution >= 4 is 11.6 Å². The van der Waals surface area contributed by atoms with E-state index in [2.05, 4.69) is 12.2 Å². The Morgan fingerprint density at radius 2 is 1.91 bits per heavy atom. The quantitative estimate of drug-likeness (QED) is 0.635. The van der Waals surface area contributed by atoms with Crippen molar-refractivity contribution in [1.29, 1.82) is 0 Å². The van der Waals surface area contributed by atoms with Gasteiger partial charge in [-0.15, -0.1) is 0 Å². The van der Waals surface area contributed by atoms with Crippen LogP contribution < -0.4 is 10.1 Å². The van der Waals surface area contributed by atoms with Gasteiger partial charge in [-0.2, -0.15) is 0 Å². The number of aryl methyl sites for hydroxylation is 1. The van der Waals surface area contributed by atoms with Crippen LogP contribution in [0.15, 0.2) is 18.2 Å². The maximum atomic E-state index is 12.7. The second-order valence-corrected chi connectivity index (χ2v) is 5.99. The van der Waals surface area contributed by atoms with E-state index in [1.54, 1.807) is 0 Å². The Morgan fingerprint density at radius 1 is 1.17 bits per heavy atom. The highest BCUT2D eigenvalue weighted by molar-refractivity contribution is 5.97. The second kappa shape index (κ2) is 9.56. The minimum Gasteiger partial charge on any atom is -0.494 e. The Bertz CT molecular complexity index is 501. The molecule has 0 saturated carbocycles. The highest BCUT2D eigenvalue weighted by Gasteiger charge is 2.33. The summed E-state index contributed by atoms with van der Waals surface area (Å²) in [7, 11) is 0. The normalized spacial score (nSPS) is 13.4. The molecule has 0 heterocycles. The van der Waals surface area contributed by atoms with Crippen molar-refractivity contribution in [2.24, 2.45) is 0 Å². The molecule has 0 aromatic heterocycles. The van der Waals surface area contributed by atoms with Gasteiger partial charge in [0, 0.05) is 12.3 Å². The molecule has 0 spiro atoms. The molecule has 0 aliphatic heterocycles. The summed E-state index contributed by atoms with van der Waals surface area (Å²) in [5, 5.41) is 2.98. The summed E-state index contributed by atoms with van der Waals surface area (Å²) in [5.41, 5.74) is 1.00. The number of hydrogen-bond donors (Lipinski definition) is 1. The second-order valence-electron chi connectivity index (χ2n) is 5.99. The van der Waals surface area contributed by atoms with Crippen molar-refractivity contribution in [3.63, 3.8) is 0 Å². The standard InChI is InChI=1S/C19H31NO3/c1-6-9-10-13-19(5,23-8-3)18(21)20-16-11-12-17(22-7-2)15(4)14-16/h11-12,14H,6-10,13H2,1-5H3,(H,20,21)/t19-/m1/s1. The molecule has 1 atom stereocenters. The number of carbonyl (C=O) groups excluding carboxylic acids is 1. The van der Waals surface area contributed by atoms with Gasteiger partial charge in [0.1, 0.15) is 11.4 Å². The zero-order valence-electron chi connectivity index (χ0n) is 15.2. The average Bonchev–Trinajstić information content (AvgIpc) is 2.50. The van der Waals surface area contributed by atoms with Crippen LogP contribution >= 0.6 is 0 Å². The Hall–Kier alpha value is -1.55. The summed E-state index contributed by atoms with van der Waals surface area (Å²) < 4.78 is 11.3. The molecule has 1 N–H and O–H groups in total. The summed E-state index contributed by atoms with van der Waals surface area (Å²) in [6.07, 6.45) is 3.96. The fourth-order valence-electron chi connectivity index (χ4n) is 2.59. The van der Waals surface area contributed by atoms with Crippen LogP contribution in [0.2, 0.25) is 0 Å². The van der Waals surface area contributed by atoms with Gasteiger partial charge in [-0.25, -0.2) is 0 Å². The van der Waals surface area contributed by atoms with Gasteiger partial charge >= 0.3 is 0 Å². The van der Waals surface area contributed by atoms with Crippen LogP contribution in [0.25, 0.3) is 0 Å². The van der Waals surface area contributed by atoms with Gasteiger partial charge in [-0.05, 0) is 57.9 Å². The van der Waals surface area contributed by atoms with Gasteiger partial charge in [0.05, 0.1) is 6.61 Å². The summed E-state index contributed by atoms with van der Waals surface area (Å²) in [6.45, 7) is 11.0. The lowest BCUT2D eigenvalue weighted by Crippen LogP contribution is -2.42. The molecule has 1 aromatic rings. The van der Waals surface area contributed by atoms with E-state index in [4.69, 9.17) is 9.47 Å². The Labute approximate surface area is 140 Å². The summed E-state index contributed by atoms with van der Waals surface area (Å²) in [4.78, 5) is 12.7. The van der Waals surface area contributed by atoms with Crippen molar-refractivity contribution in [3.8, 4) is 5.75 Å². The summed E-state index contributed by atoms with van der Waals surface area (Å²) >= 11 is 0. The largest absolute Gasteiger partial charge is 0.494 e. The summed E-state index contributed by atoms with van der Waals surface area (Å²) in [5.74, 6) is 0.764. The molecule has 0 radical (unpaired) electrons. The van der Waals surface area contributed by atoms with Crippen LogP contribution in [0.3, 0.4) is 0 Å². The molecule has 0 aliphatic carbocycles. The molecule has 1 aromatic carbocycles. The van der Waals surface area contributed by atoms with Crippen molar-refractivity contribution in [2.45, 2.75) is 65.9 Å². The smallest absolute Gasteiger partial charge is 0.256 e. The van der Waals surface area contributed by atoms with E-state index in [0.717, 1.165) is 42.7 Å². The molecule has 0 aliphatic rings. The molecule has 0 bridgehead atoms. The number of carbonyl (C=O) groups is 1. The third-order valence-electron chi connectivity index (χ3n) is 3.93. The van der Waals surface area contributed by atoms with E-state index < -0.39 is 5.60 Å². The molecule has 23 heavy (non-hydrogen) atoms. The summed E-state index contributed by atoms with van der Waals surface area (Å²) in [6, 6.07) is 5.69. The first-order valence-corrected chi connectivity index (χ1v) is 8.65. The zero-order chi connectivity index (χ0) is 17.3. The molecular formula is C19H31NO3. The highest BCUT2D eigenvalue weighted by Crippen LogP contribution is 2.25. The third-order valence-corrected chi connectivity index (χ3v) is 3.93. The Morgan fingerprint density at radius 3 is 2.48 bits per heavy atom. The fraction of sp³-hybridized carbons (Fsp3) is 0.632. The number of nitrogens with one attached hydrogen (secondary N) is 1. The third kappa shape index (κ3) is 5.87. The van der Waals surface area contributed by atoms with Crippen LogP contribution in [-0.2, 0) is 9.53 Å². The number of amides is 1. The van der Waals surface area contributed by atoms with Crippen molar-refractivity contribution < 1.29 is 14.3 Å². The first-order chi connectivity index (χ1) is 11.0. The molecule has 4 heteroatoms. The number of anilines is 1. The molecular weight excluding hydrogens is 290 g/mol. The first kappa shape index (κ1) is 19.5. The van der Waals surface area contributed by atoms with Crippen LogP contribution in [-0.4, -0.2) is 24.7 Å². The monoisotopic (exact) mass is 321 g/mol. The maximum absolute atomic E-state index is 12.7. The number of rotatable bonds is 10. The fourth-order valence-corrected chi connectivity index (χ4v) is 2.59. The minimum atomic E-state index is -0.781. The van der Waals surface area contributed by atoms with Gasteiger partial charge < -0.3 is 14.8 Å². The van der Waals surface area contributed by atoms with E-state index in [-0.39, 0.29) is 5.91 Å². The van der Waals surface area contributed by atoms with Crippen molar-refractivity contribution in [2.75, 3.05) is 18.5 Å². The van der Waals surface area contributed by atoms with E-state index in [1.165, 1.54) is 0 Å². The molecule has 1 rings (SSSR count). The Kier molecular flexibility index (Phi) is 8.10. The number of benzene rings is 1. The molecule has 4 nitrogen and oxygen atoms in total. The van der Waals surface area contributed by atoms with E-state index in [0.29, 0.717) is 13.2 Å². The molecule has 0 fully saturated rings.